The number of rotatable bonds is 4. The molecule has 1 aromatic rings. The molecule has 28 heavy (non-hydrogen) atoms. The Balaban J connectivity index is 1.31. The van der Waals surface area contributed by atoms with Crippen LogP contribution in [-0.2, 0) is 20.7 Å². The highest BCUT2D eigenvalue weighted by Gasteiger charge is 2.42. The van der Waals surface area contributed by atoms with Crippen LogP contribution >= 0.6 is 0 Å². The summed E-state index contributed by atoms with van der Waals surface area (Å²) in [5.41, 5.74) is 1.18. The maximum Gasteiger partial charge on any atom is 0.253 e. The first-order chi connectivity index (χ1) is 13.7. The van der Waals surface area contributed by atoms with Gasteiger partial charge >= 0.3 is 0 Å². The Morgan fingerprint density at radius 3 is 2.86 bits per heavy atom. The highest BCUT2D eigenvalue weighted by Crippen LogP contribution is 2.40. The van der Waals surface area contributed by atoms with Gasteiger partial charge < -0.3 is 19.9 Å². The van der Waals surface area contributed by atoms with E-state index < -0.39 is 0 Å². The van der Waals surface area contributed by atoms with Crippen molar-refractivity contribution in [2.45, 2.75) is 38.2 Å². The van der Waals surface area contributed by atoms with E-state index in [9.17, 15) is 9.59 Å². The van der Waals surface area contributed by atoms with Crippen molar-refractivity contribution in [3.8, 4) is 0 Å². The SMILES string of the molecule is O=C1CCC2(CCN(C(=O)C3CNCCO3)CC2)CN1CCc1ccccn1. The number of morpholine rings is 1. The smallest absolute Gasteiger partial charge is 0.253 e. The number of nitrogens with zero attached hydrogens (tertiary/aromatic N) is 3. The fourth-order valence-electron chi connectivity index (χ4n) is 4.64. The van der Waals surface area contributed by atoms with E-state index in [1.165, 1.54) is 0 Å². The molecule has 4 rings (SSSR count). The third-order valence-corrected chi connectivity index (χ3v) is 6.45. The topological polar surface area (TPSA) is 74.8 Å². The molecule has 2 amide bonds. The van der Waals surface area contributed by atoms with E-state index >= 15 is 0 Å². The van der Waals surface area contributed by atoms with Crippen LogP contribution < -0.4 is 5.32 Å². The van der Waals surface area contributed by atoms with Gasteiger partial charge in [-0.1, -0.05) is 6.07 Å². The monoisotopic (exact) mass is 386 g/mol. The first-order valence-corrected chi connectivity index (χ1v) is 10.4. The summed E-state index contributed by atoms with van der Waals surface area (Å²) in [5.74, 6) is 0.364. The minimum Gasteiger partial charge on any atom is -0.366 e. The number of nitrogens with one attached hydrogen (secondary N) is 1. The average Bonchev–Trinajstić information content (AvgIpc) is 2.76. The predicted octanol–water partition coefficient (Wildman–Crippen LogP) is 0.844. The zero-order valence-corrected chi connectivity index (χ0v) is 16.4. The van der Waals surface area contributed by atoms with Crippen molar-refractivity contribution in [2.24, 2.45) is 5.41 Å². The molecule has 1 atom stereocenters. The summed E-state index contributed by atoms with van der Waals surface area (Å²) >= 11 is 0. The second kappa shape index (κ2) is 8.57. The minimum atomic E-state index is -0.342. The van der Waals surface area contributed by atoms with Gasteiger partial charge in [0.05, 0.1) is 6.61 Å². The molecule has 152 valence electrons. The standard InChI is InChI=1S/C21H30N4O3/c26-19-4-6-21(16-25(19)11-5-17-3-1-2-9-23-17)7-12-24(13-8-21)20(27)18-15-22-10-14-28-18/h1-3,9,18,22H,4-8,10-16H2. The second-order valence-electron chi connectivity index (χ2n) is 8.28. The van der Waals surface area contributed by atoms with Crippen molar-refractivity contribution in [1.29, 1.82) is 0 Å². The van der Waals surface area contributed by atoms with Gasteiger partial charge in [-0.05, 0) is 36.8 Å². The quantitative estimate of drug-likeness (QED) is 0.830. The zero-order valence-electron chi connectivity index (χ0n) is 16.4. The van der Waals surface area contributed by atoms with Gasteiger partial charge in [-0.15, -0.1) is 0 Å². The van der Waals surface area contributed by atoms with E-state index in [0.29, 0.717) is 19.6 Å². The summed E-state index contributed by atoms with van der Waals surface area (Å²) in [4.78, 5) is 33.5. The van der Waals surface area contributed by atoms with Crippen LogP contribution in [0.15, 0.2) is 24.4 Å². The van der Waals surface area contributed by atoms with Gasteiger partial charge in [0.1, 0.15) is 6.10 Å². The maximum absolute atomic E-state index is 12.7. The molecule has 1 unspecified atom stereocenters. The van der Waals surface area contributed by atoms with Crippen molar-refractivity contribution < 1.29 is 14.3 Å². The summed E-state index contributed by atoms with van der Waals surface area (Å²) in [5, 5.41) is 3.23. The molecule has 3 saturated heterocycles. The van der Waals surface area contributed by atoms with Gasteiger partial charge in [0.2, 0.25) is 5.91 Å². The van der Waals surface area contributed by atoms with E-state index in [1.807, 2.05) is 28.0 Å². The van der Waals surface area contributed by atoms with Crippen molar-refractivity contribution in [2.75, 3.05) is 45.9 Å². The molecule has 1 aromatic heterocycles. The normalized spacial score (nSPS) is 25.1. The van der Waals surface area contributed by atoms with Gasteiger partial charge in [0.25, 0.3) is 5.91 Å². The summed E-state index contributed by atoms with van der Waals surface area (Å²) in [6, 6.07) is 5.91. The van der Waals surface area contributed by atoms with E-state index in [0.717, 1.165) is 64.1 Å². The maximum atomic E-state index is 12.7. The third kappa shape index (κ3) is 4.36. The lowest BCUT2D eigenvalue weighted by molar-refractivity contribution is -0.150. The molecular formula is C21H30N4O3. The van der Waals surface area contributed by atoms with Crippen molar-refractivity contribution in [3.05, 3.63) is 30.1 Å². The number of hydrogen-bond donors (Lipinski definition) is 1. The number of piperidine rings is 2. The number of carbonyl (C=O) groups excluding carboxylic acids is 2. The molecule has 0 bridgehead atoms. The first kappa shape index (κ1) is 19.3. The van der Waals surface area contributed by atoms with Crippen molar-refractivity contribution in [1.82, 2.24) is 20.1 Å². The summed E-state index contributed by atoms with van der Waals surface area (Å²) < 4.78 is 5.62. The Morgan fingerprint density at radius 1 is 1.29 bits per heavy atom. The zero-order chi connectivity index (χ0) is 19.4. The molecule has 7 heteroatoms. The molecule has 4 heterocycles. The van der Waals surface area contributed by atoms with Crippen LogP contribution in [0.1, 0.15) is 31.4 Å². The first-order valence-electron chi connectivity index (χ1n) is 10.4. The van der Waals surface area contributed by atoms with E-state index in [2.05, 4.69) is 10.3 Å². The van der Waals surface area contributed by atoms with Gasteiger partial charge in [0, 0.05) is 64.0 Å². The van der Waals surface area contributed by atoms with Crippen LogP contribution in [0.2, 0.25) is 0 Å². The largest absolute Gasteiger partial charge is 0.366 e. The molecule has 7 nitrogen and oxygen atoms in total. The number of pyridine rings is 1. The number of ether oxygens (including phenoxy) is 1. The number of aromatic nitrogens is 1. The molecule has 0 radical (unpaired) electrons. The molecule has 0 aliphatic carbocycles. The van der Waals surface area contributed by atoms with Crippen LogP contribution in [0.4, 0.5) is 0 Å². The lowest BCUT2D eigenvalue weighted by Crippen LogP contribution is -2.55. The molecule has 1 spiro atoms. The number of likely N-dealkylation sites (tertiary alicyclic amines) is 2. The highest BCUT2D eigenvalue weighted by molar-refractivity contribution is 5.81. The Hall–Kier alpha value is -1.99. The Morgan fingerprint density at radius 2 is 2.14 bits per heavy atom. The van der Waals surface area contributed by atoms with Crippen molar-refractivity contribution >= 4 is 11.8 Å². The third-order valence-electron chi connectivity index (χ3n) is 6.45. The van der Waals surface area contributed by atoms with Gasteiger partial charge in [0.15, 0.2) is 0 Å². The van der Waals surface area contributed by atoms with E-state index in [4.69, 9.17) is 4.74 Å². The van der Waals surface area contributed by atoms with Crippen LogP contribution in [0.5, 0.6) is 0 Å². The van der Waals surface area contributed by atoms with Crippen molar-refractivity contribution in [3.63, 3.8) is 0 Å². The van der Waals surface area contributed by atoms with Crippen LogP contribution in [0.25, 0.3) is 0 Å². The molecule has 3 aliphatic rings. The number of carbonyl (C=O) groups is 2. The Bertz CT molecular complexity index is 682. The van der Waals surface area contributed by atoms with Gasteiger partial charge in [-0.2, -0.15) is 0 Å². The molecule has 1 N–H and O–H groups in total. The average molecular weight is 386 g/mol. The molecule has 3 fully saturated rings. The van der Waals surface area contributed by atoms with Gasteiger partial charge in [-0.25, -0.2) is 0 Å². The summed E-state index contributed by atoms with van der Waals surface area (Å²) in [6.07, 6.45) is 5.73. The highest BCUT2D eigenvalue weighted by atomic mass is 16.5. The predicted molar refractivity (Wildman–Crippen MR) is 105 cm³/mol. The van der Waals surface area contributed by atoms with Crippen LogP contribution in [0, 0.1) is 5.41 Å². The van der Waals surface area contributed by atoms with Gasteiger partial charge in [-0.3, -0.25) is 14.6 Å². The summed E-state index contributed by atoms with van der Waals surface area (Å²) in [7, 11) is 0. The van der Waals surface area contributed by atoms with E-state index in [1.54, 1.807) is 6.20 Å². The molecular weight excluding hydrogens is 356 g/mol. The van der Waals surface area contributed by atoms with E-state index in [-0.39, 0.29) is 23.3 Å². The molecule has 0 aromatic carbocycles. The Labute approximate surface area is 166 Å². The minimum absolute atomic E-state index is 0.112. The fourth-order valence-corrected chi connectivity index (χ4v) is 4.64. The number of hydrogen-bond acceptors (Lipinski definition) is 5. The lowest BCUT2D eigenvalue weighted by atomic mass is 9.72. The van der Waals surface area contributed by atoms with Crippen LogP contribution in [-0.4, -0.2) is 78.6 Å². The molecule has 3 aliphatic heterocycles. The Kier molecular flexibility index (Phi) is 5.92. The fraction of sp³-hybridized carbons (Fsp3) is 0.667. The second-order valence-corrected chi connectivity index (χ2v) is 8.28. The molecule has 0 saturated carbocycles. The lowest BCUT2D eigenvalue weighted by Gasteiger charge is -2.48. The number of amides is 2. The summed E-state index contributed by atoms with van der Waals surface area (Å²) in [6.45, 7) is 5.08. The van der Waals surface area contributed by atoms with Crippen LogP contribution in [0.3, 0.4) is 0 Å².